The summed E-state index contributed by atoms with van der Waals surface area (Å²) >= 11 is 0. The number of aryl methyl sites for hydroxylation is 1. The molecule has 0 saturated carbocycles. The zero-order chi connectivity index (χ0) is 11.3. The van der Waals surface area contributed by atoms with E-state index in [1.54, 1.807) is 19.1 Å². The summed E-state index contributed by atoms with van der Waals surface area (Å²) in [6, 6.07) is 4.95. The van der Waals surface area contributed by atoms with Crippen LogP contribution in [0, 0.1) is 17.0 Å². The Bertz CT molecular complexity index is 350. The molecule has 0 amide bonds. The number of nitro groups is 1. The molecule has 4 heteroatoms. The molecule has 0 aromatic heterocycles. The van der Waals surface area contributed by atoms with Gasteiger partial charge in [0, 0.05) is 5.56 Å². The van der Waals surface area contributed by atoms with E-state index in [0.29, 0.717) is 17.9 Å². The van der Waals surface area contributed by atoms with E-state index in [1.807, 2.05) is 0 Å². The van der Waals surface area contributed by atoms with Crippen LogP contribution in [0.25, 0.3) is 0 Å². The van der Waals surface area contributed by atoms with Gasteiger partial charge in [-0.25, -0.2) is 0 Å². The molecule has 0 radical (unpaired) electrons. The van der Waals surface area contributed by atoms with Gasteiger partial charge in [0.1, 0.15) is 5.75 Å². The van der Waals surface area contributed by atoms with Gasteiger partial charge in [-0.2, -0.15) is 0 Å². The number of hydrogen-bond acceptors (Lipinski definition) is 3. The smallest absolute Gasteiger partial charge is 0.275 e. The van der Waals surface area contributed by atoms with Crippen LogP contribution >= 0.6 is 0 Å². The Balaban J connectivity index is 2.74. The topological polar surface area (TPSA) is 52.4 Å². The highest BCUT2D eigenvalue weighted by Gasteiger charge is 2.11. The molecule has 82 valence electrons. The van der Waals surface area contributed by atoms with Crippen molar-refractivity contribution in [3.8, 4) is 5.75 Å². The van der Waals surface area contributed by atoms with E-state index in [4.69, 9.17) is 4.74 Å². The van der Waals surface area contributed by atoms with Crippen LogP contribution in [0.2, 0.25) is 0 Å². The van der Waals surface area contributed by atoms with Gasteiger partial charge in [0.15, 0.2) is 0 Å². The molecule has 0 aliphatic heterocycles. The second kappa shape index (κ2) is 5.34. The molecule has 0 heterocycles. The molecule has 0 spiro atoms. The fourth-order valence-corrected chi connectivity index (χ4v) is 1.21. The zero-order valence-corrected chi connectivity index (χ0v) is 9.03. The van der Waals surface area contributed by atoms with Crippen molar-refractivity contribution in [1.82, 2.24) is 0 Å². The SMILES string of the molecule is CCCCOc1ccc(C)c([N+](=O)[O-])c1. The minimum absolute atomic E-state index is 0.115. The lowest BCUT2D eigenvalue weighted by Gasteiger charge is -2.05. The molecule has 0 aliphatic rings. The molecule has 0 atom stereocenters. The van der Waals surface area contributed by atoms with E-state index >= 15 is 0 Å². The molecule has 0 bridgehead atoms. The Morgan fingerprint density at radius 1 is 1.47 bits per heavy atom. The molecule has 1 aromatic rings. The van der Waals surface area contributed by atoms with Crippen LogP contribution in [0.5, 0.6) is 5.75 Å². The Kier molecular flexibility index (Phi) is 4.09. The number of nitrogens with zero attached hydrogens (tertiary/aromatic N) is 1. The summed E-state index contributed by atoms with van der Waals surface area (Å²) in [6.07, 6.45) is 2.01. The van der Waals surface area contributed by atoms with Crippen molar-refractivity contribution < 1.29 is 9.66 Å². The first kappa shape index (κ1) is 11.5. The molecule has 0 saturated heterocycles. The monoisotopic (exact) mass is 209 g/mol. The van der Waals surface area contributed by atoms with Gasteiger partial charge in [0.2, 0.25) is 0 Å². The second-order valence-electron chi connectivity index (χ2n) is 3.41. The first-order valence-corrected chi connectivity index (χ1v) is 5.03. The van der Waals surface area contributed by atoms with Gasteiger partial charge in [0.05, 0.1) is 17.6 Å². The maximum Gasteiger partial charge on any atom is 0.275 e. The summed E-state index contributed by atoms with van der Waals surface area (Å²) in [5.74, 6) is 0.570. The van der Waals surface area contributed by atoms with Crippen LogP contribution in [-0.2, 0) is 0 Å². The number of unbranched alkanes of at least 4 members (excludes halogenated alkanes) is 1. The van der Waals surface area contributed by atoms with E-state index in [0.717, 1.165) is 12.8 Å². The number of rotatable bonds is 5. The van der Waals surface area contributed by atoms with Crippen molar-refractivity contribution in [2.75, 3.05) is 6.61 Å². The number of hydrogen-bond donors (Lipinski definition) is 0. The molecule has 0 unspecified atom stereocenters. The van der Waals surface area contributed by atoms with Gasteiger partial charge in [-0.1, -0.05) is 13.3 Å². The van der Waals surface area contributed by atoms with E-state index < -0.39 is 0 Å². The first-order chi connectivity index (χ1) is 7.15. The minimum atomic E-state index is -0.387. The normalized spacial score (nSPS) is 10.0. The van der Waals surface area contributed by atoms with Crippen LogP contribution in [0.4, 0.5) is 5.69 Å². The molecule has 0 fully saturated rings. The lowest BCUT2D eigenvalue weighted by molar-refractivity contribution is -0.385. The van der Waals surface area contributed by atoms with E-state index in [2.05, 4.69) is 6.92 Å². The fraction of sp³-hybridized carbons (Fsp3) is 0.455. The highest BCUT2D eigenvalue weighted by molar-refractivity contribution is 5.45. The lowest BCUT2D eigenvalue weighted by Crippen LogP contribution is -1.98. The predicted octanol–water partition coefficient (Wildman–Crippen LogP) is 3.08. The summed E-state index contributed by atoms with van der Waals surface area (Å²) in [5, 5.41) is 10.7. The summed E-state index contributed by atoms with van der Waals surface area (Å²) in [7, 11) is 0. The summed E-state index contributed by atoms with van der Waals surface area (Å²) in [6.45, 7) is 4.39. The Morgan fingerprint density at radius 3 is 2.80 bits per heavy atom. The average Bonchev–Trinajstić information content (AvgIpc) is 2.20. The van der Waals surface area contributed by atoms with E-state index in [-0.39, 0.29) is 10.6 Å². The molecular weight excluding hydrogens is 194 g/mol. The number of nitro benzene ring substituents is 1. The van der Waals surface area contributed by atoms with E-state index in [9.17, 15) is 10.1 Å². The van der Waals surface area contributed by atoms with Gasteiger partial charge in [0.25, 0.3) is 5.69 Å². The third-order valence-corrected chi connectivity index (χ3v) is 2.14. The van der Waals surface area contributed by atoms with Gasteiger partial charge < -0.3 is 4.74 Å². The van der Waals surface area contributed by atoms with Crippen molar-refractivity contribution in [1.29, 1.82) is 0 Å². The quantitative estimate of drug-likeness (QED) is 0.425. The Labute approximate surface area is 89.0 Å². The summed E-state index contributed by atoms with van der Waals surface area (Å²) in [5.41, 5.74) is 0.770. The highest BCUT2D eigenvalue weighted by Crippen LogP contribution is 2.23. The zero-order valence-electron chi connectivity index (χ0n) is 9.03. The largest absolute Gasteiger partial charge is 0.493 e. The molecule has 1 rings (SSSR count). The Morgan fingerprint density at radius 2 is 2.20 bits per heavy atom. The van der Waals surface area contributed by atoms with Crippen molar-refractivity contribution >= 4 is 5.69 Å². The predicted molar refractivity (Wildman–Crippen MR) is 58.2 cm³/mol. The molecule has 15 heavy (non-hydrogen) atoms. The van der Waals surface area contributed by atoms with Crippen molar-refractivity contribution in [3.63, 3.8) is 0 Å². The summed E-state index contributed by atoms with van der Waals surface area (Å²) in [4.78, 5) is 10.3. The van der Waals surface area contributed by atoms with Gasteiger partial charge in [-0.3, -0.25) is 10.1 Å². The van der Waals surface area contributed by atoms with Crippen molar-refractivity contribution in [2.45, 2.75) is 26.7 Å². The van der Waals surface area contributed by atoms with Crippen LogP contribution in [0.15, 0.2) is 18.2 Å². The minimum Gasteiger partial charge on any atom is -0.493 e. The standard InChI is InChI=1S/C11H15NO3/c1-3-4-7-15-10-6-5-9(2)11(8-10)12(13)14/h5-6,8H,3-4,7H2,1-2H3. The van der Waals surface area contributed by atoms with Crippen molar-refractivity contribution in [3.05, 3.63) is 33.9 Å². The van der Waals surface area contributed by atoms with Crippen LogP contribution < -0.4 is 4.74 Å². The fourth-order valence-electron chi connectivity index (χ4n) is 1.21. The molecule has 0 N–H and O–H groups in total. The summed E-state index contributed by atoms with van der Waals surface area (Å²) < 4.78 is 5.39. The molecule has 4 nitrogen and oxygen atoms in total. The first-order valence-electron chi connectivity index (χ1n) is 5.03. The maximum absolute atomic E-state index is 10.7. The third kappa shape index (κ3) is 3.23. The van der Waals surface area contributed by atoms with Crippen molar-refractivity contribution in [2.24, 2.45) is 0 Å². The molecular formula is C11H15NO3. The van der Waals surface area contributed by atoms with Crippen LogP contribution in [0.1, 0.15) is 25.3 Å². The van der Waals surface area contributed by atoms with Crippen LogP contribution in [-0.4, -0.2) is 11.5 Å². The average molecular weight is 209 g/mol. The van der Waals surface area contributed by atoms with Gasteiger partial charge in [-0.05, 0) is 25.5 Å². The van der Waals surface area contributed by atoms with E-state index in [1.165, 1.54) is 6.07 Å². The van der Waals surface area contributed by atoms with Gasteiger partial charge in [-0.15, -0.1) is 0 Å². The lowest BCUT2D eigenvalue weighted by atomic mass is 10.2. The Hall–Kier alpha value is -1.58. The third-order valence-electron chi connectivity index (χ3n) is 2.14. The van der Waals surface area contributed by atoms with Crippen LogP contribution in [0.3, 0.4) is 0 Å². The molecule has 1 aromatic carbocycles. The van der Waals surface area contributed by atoms with Gasteiger partial charge >= 0.3 is 0 Å². The maximum atomic E-state index is 10.7. The number of benzene rings is 1. The number of ether oxygens (including phenoxy) is 1. The highest BCUT2D eigenvalue weighted by atomic mass is 16.6. The second-order valence-corrected chi connectivity index (χ2v) is 3.41. The molecule has 0 aliphatic carbocycles.